The lowest BCUT2D eigenvalue weighted by atomic mass is 9.90. The van der Waals surface area contributed by atoms with Crippen molar-refractivity contribution >= 4 is 23.2 Å². The largest absolute Gasteiger partial charge is 0.497 e. The normalized spacial score (nSPS) is 13.3. The average Bonchev–Trinajstić information content (AvgIpc) is 2.49. The van der Waals surface area contributed by atoms with Crippen LogP contribution < -0.4 is 15.8 Å². The predicted octanol–water partition coefficient (Wildman–Crippen LogP) is 3.16. The van der Waals surface area contributed by atoms with Gasteiger partial charge in [-0.3, -0.25) is 4.79 Å². The van der Waals surface area contributed by atoms with Gasteiger partial charge in [-0.05, 0) is 48.9 Å². The summed E-state index contributed by atoms with van der Waals surface area (Å²) in [7, 11) is 1.58. The fraction of sp³-hybridized carbons (Fsp3) is 0.188. The van der Waals surface area contributed by atoms with Crippen LogP contribution in [0, 0.1) is 0 Å². The highest BCUT2D eigenvalue weighted by molar-refractivity contribution is 6.30. The van der Waals surface area contributed by atoms with Crippen molar-refractivity contribution in [3.63, 3.8) is 0 Å². The predicted molar refractivity (Wildman–Crippen MR) is 84.6 cm³/mol. The van der Waals surface area contributed by atoms with Gasteiger partial charge in [0.15, 0.2) is 0 Å². The van der Waals surface area contributed by atoms with E-state index in [1.807, 2.05) is 18.2 Å². The van der Waals surface area contributed by atoms with Crippen molar-refractivity contribution in [3.05, 3.63) is 59.1 Å². The second-order valence-electron chi connectivity index (χ2n) is 4.85. The Morgan fingerprint density at radius 3 is 2.48 bits per heavy atom. The number of methoxy groups -OCH3 is 1. The molecule has 0 saturated heterocycles. The highest BCUT2D eigenvalue weighted by Gasteiger charge is 2.33. The lowest BCUT2D eigenvalue weighted by Crippen LogP contribution is -2.45. The quantitative estimate of drug-likeness (QED) is 0.892. The van der Waals surface area contributed by atoms with E-state index < -0.39 is 11.4 Å². The lowest BCUT2D eigenvalue weighted by molar-refractivity contribution is -0.122. The van der Waals surface area contributed by atoms with Gasteiger partial charge in [-0.25, -0.2) is 0 Å². The Kier molecular flexibility index (Phi) is 4.38. The molecule has 4 nitrogen and oxygen atoms in total. The van der Waals surface area contributed by atoms with Gasteiger partial charge >= 0.3 is 0 Å². The van der Waals surface area contributed by atoms with Crippen LogP contribution in [0.5, 0.6) is 5.75 Å². The van der Waals surface area contributed by atoms with Crippen LogP contribution in [0.4, 0.5) is 5.69 Å². The molecular formula is C16H17ClN2O2. The number of anilines is 1. The Morgan fingerprint density at radius 2 is 1.90 bits per heavy atom. The minimum Gasteiger partial charge on any atom is -0.497 e. The van der Waals surface area contributed by atoms with Crippen molar-refractivity contribution in [1.82, 2.24) is 0 Å². The van der Waals surface area contributed by atoms with Crippen LogP contribution in [-0.4, -0.2) is 13.0 Å². The van der Waals surface area contributed by atoms with E-state index in [9.17, 15) is 4.79 Å². The summed E-state index contributed by atoms with van der Waals surface area (Å²) < 4.78 is 5.20. The summed E-state index contributed by atoms with van der Waals surface area (Å²) >= 11 is 5.87. The van der Waals surface area contributed by atoms with E-state index in [4.69, 9.17) is 22.1 Å². The number of ether oxygens (including phenoxy) is 1. The molecule has 2 aromatic carbocycles. The van der Waals surface area contributed by atoms with Crippen LogP contribution in [0.2, 0.25) is 5.02 Å². The molecule has 0 aliphatic carbocycles. The molecule has 0 saturated carbocycles. The highest BCUT2D eigenvalue weighted by Crippen LogP contribution is 2.29. The molecule has 110 valence electrons. The third kappa shape index (κ3) is 3.28. The van der Waals surface area contributed by atoms with Crippen molar-refractivity contribution in [3.8, 4) is 5.75 Å². The molecular weight excluding hydrogens is 288 g/mol. The minimum atomic E-state index is -1.05. The maximum absolute atomic E-state index is 12.0. The van der Waals surface area contributed by atoms with E-state index in [1.54, 1.807) is 44.4 Å². The molecule has 0 aliphatic heterocycles. The number of hydrogen-bond acceptors (Lipinski definition) is 3. The van der Waals surface area contributed by atoms with Crippen molar-refractivity contribution < 1.29 is 9.53 Å². The van der Waals surface area contributed by atoms with Crippen LogP contribution in [0.15, 0.2) is 48.5 Å². The van der Waals surface area contributed by atoms with Gasteiger partial charge in [-0.1, -0.05) is 23.7 Å². The molecule has 0 aromatic heterocycles. The maximum atomic E-state index is 12.0. The van der Waals surface area contributed by atoms with Gasteiger partial charge in [-0.2, -0.15) is 0 Å². The fourth-order valence-electron chi connectivity index (χ4n) is 2.03. The van der Waals surface area contributed by atoms with E-state index >= 15 is 0 Å². The molecule has 3 N–H and O–H groups in total. The van der Waals surface area contributed by atoms with Crippen molar-refractivity contribution in [2.75, 3.05) is 12.4 Å². The van der Waals surface area contributed by atoms with E-state index in [1.165, 1.54) is 0 Å². The third-order valence-electron chi connectivity index (χ3n) is 3.38. The first kappa shape index (κ1) is 15.2. The summed E-state index contributed by atoms with van der Waals surface area (Å²) in [6.07, 6.45) is 0. The Morgan fingerprint density at radius 1 is 1.24 bits per heavy atom. The summed E-state index contributed by atoms with van der Waals surface area (Å²) in [5.41, 5.74) is 6.03. The molecule has 0 aliphatic rings. The molecule has 0 radical (unpaired) electrons. The summed E-state index contributed by atoms with van der Waals surface area (Å²) in [5.74, 6) is 0.184. The van der Waals surface area contributed by atoms with Gasteiger partial charge in [-0.15, -0.1) is 0 Å². The van der Waals surface area contributed by atoms with Crippen molar-refractivity contribution in [2.24, 2.45) is 5.73 Å². The number of amides is 1. The minimum absolute atomic E-state index is 0.481. The SMILES string of the molecule is COc1cccc(C(C)(Nc2ccc(Cl)cc2)C(N)=O)c1. The molecule has 0 bridgehead atoms. The van der Waals surface area contributed by atoms with Crippen LogP contribution in [-0.2, 0) is 10.3 Å². The summed E-state index contributed by atoms with van der Waals surface area (Å²) in [6.45, 7) is 1.73. The first-order valence-corrected chi connectivity index (χ1v) is 6.81. The smallest absolute Gasteiger partial charge is 0.247 e. The Balaban J connectivity index is 2.39. The van der Waals surface area contributed by atoms with E-state index in [0.29, 0.717) is 10.8 Å². The number of rotatable bonds is 5. The molecule has 5 heteroatoms. The summed E-state index contributed by atoms with van der Waals surface area (Å²) in [5, 5.41) is 3.79. The molecule has 0 heterocycles. The molecule has 1 amide bonds. The number of hydrogen-bond donors (Lipinski definition) is 2. The van der Waals surface area contributed by atoms with Crippen LogP contribution >= 0.6 is 11.6 Å². The first-order valence-electron chi connectivity index (χ1n) is 6.44. The number of nitrogens with one attached hydrogen (secondary N) is 1. The molecule has 2 aromatic rings. The maximum Gasteiger partial charge on any atom is 0.247 e. The zero-order chi connectivity index (χ0) is 15.5. The fourth-order valence-corrected chi connectivity index (χ4v) is 2.16. The van der Waals surface area contributed by atoms with Gasteiger partial charge in [0.1, 0.15) is 11.3 Å². The Bertz CT molecular complexity index is 643. The average molecular weight is 305 g/mol. The number of nitrogens with two attached hydrogens (primary N) is 1. The topological polar surface area (TPSA) is 64.3 Å². The molecule has 2 rings (SSSR count). The summed E-state index contributed by atoms with van der Waals surface area (Å²) in [6, 6.07) is 14.3. The summed E-state index contributed by atoms with van der Waals surface area (Å²) in [4.78, 5) is 12.0. The molecule has 0 fully saturated rings. The first-order chi connectivity index (χ1) is 9.95. The van der Waals surface area contributed by atoms with E-state index in [-0.39, 0.29) is 0 Å². The van der Waals surface area contributed by atoms with Gasteiger partial charge in [0.05, 0.1) is 7.11 Å². The second kappa shape index (κ2) is 6.06. The van der Waals surface area contributed by atoms with Gasteiger partial charge in [0, 0.05) is 10.7 Å². The standard InChI is InChI=1S/C16H17ClN2O2/c1-16(15(18)20,11-4-3-5-14(10-11)21-2)19-13-8-6-12(17)7-9-13/h3-10,19H,1-2H3,(H2,18,20). The number of benzene rings is 2. The lowest BCUT2D eigenvalue weighted by Gasteiger charge is -2.29. The van der Waals surface area contributed by atoms with Crippen molar-refractivity contribution in [2.45, 2.75) is 12.5 Å². The van der Waals surface area contributed by atoms with Crippen LogP contribution in [0.25, 0.3) is 0 Å². The molecule has 1 atom stereocenters. The van der Waals surface area contributed by atoms with E-state index in [0.717, 1.165) is 11.3 Å². The van der Waals surface area contributed by atoms with Gasteiger partial charge in [0.25, 0.3) is 0 Å². The molecule has 1 unspecified atom stereocenters. The van der Waals surface area contributed by atoms with Crippen LogP contribution in [0.3, 0.4) is 0 Å². The zero-order valence-electron chi connectivity index (χ0n) is 11.9. The Hall–Kier alpha value is -2.20. The second-order valence-corrected chi connectivity index (χ2v) is 5.29. The number of carbonyl (C=O) groups is 1. The molecule has 0 spiro atoms. The van der Waals surface area contributed by atoms with Crippen molar-refractivity contribution in [1.29, 1.82) is 0 Å². The highest BCUT2D eigenvalue weighted by atomic mass is 35.5. The van der Waals surface area contributed by atoms with Crippen LogP contribution in [0.1, 0.15) is 12.5 Å². The Labute approximate surface area is 128 Å². The number of halogens is 1. The van der Waals surface area contributed by atoms with E-state index in [2.05, 4.69) is 5.32 Å². The monoisotopic (exact) mass is 304 g/mol. The third-order valence-corrected chi connectivity index (χ3v) is 3.63. The van der Waals surface area contributed by atoms with Gasteiger partial charge < -0.3 is 15.8 Å². The zero-order valence-corrected chi connectivity index (χ0v) is 12.6. The number of carbonyl (C=O) groups excluding carboxylic acids is 1. The molecule has 21 heavy (non-hydrogen) atoms. The number of primary amides is 1. The van der Waals surface area contributed by atoms with Gasteiger partial charge in [0.2, 0.25) is 5.91 Å².